The van der Waals surface area contributed by atoms with E-state index in [1.807, 2.05) is 18.0 Å². The number of amides is 1. The Morgan fingerprint density at radius 1 is 1.06 bits per heavy atom. The molecule has 176 valence electrons. The predicted octanol–water partition coefficient (Wildman–Crippen LogP) is 4.88. The van der Waals surface area contributed by atoms with Crippen molar-refractivity contribution in [1.29, 1.82) is 0 Å². The summed E-state index contributed by atoms with van der Waals surface area (Å²) >= 11 is 0. The smallest absolute Gasteiger partial charge is 0.272 e. The number of nitrogens with zero attached hydrogens (tertiary/aromatic N) is 3. The summed E-state index contributed by atoms with van der Waals surface area (Å²) in [6.07, 6.45) is 12.6. The maximum absolute atomic E-state index is 13.1. The van der Waals surface area contributed by atoms with Crippen molar-refractivity contribution in [2.75, 3.05) is 26.7 Å². The van der Waals surface area contributed by atoms with Crippen molar-refractivity contribution in [3.8, 4) is 5.75 Å². The van der Waals surface area contributed by atoms with Crippen LogP contribution in [-0.4, -0.2) is 53.5 Å². The fourth-order valence-corrected chi connectivity index (χ4v) is 5.21. The number of benzene rings is 1. The number of aryl methyl sites for hydroxylation is 1. The number of likely N-dealkylation sites (N-methyl/N-ethyl adjacent to an activating group) is 1. The first-order valence-corrected chi connectivity index (χ1v) is 12.8. The normalized spacial score (nSPS) is 21.2. The zero-order chi connectivity index (χ0) is 22.6. The molecule has 33 heavy (non-hydrogen) atoms. The summed E-state index contributed by atoms with van der Waals surface area (Å²) in [5.74, 6) is 1.45. The largest absolute Gasteiger partial charge is 0.492 e. The van der Waals surface area contributed by atoms with Gasteiger partial charge in [-0.25, -0.2) is 4.98 Å². The van der Waals surface area contributed by atoms with Gasteiger partial charge >= 0.3 is 0 Å². The van der Waals surface area contributed by atoms with Crippen molar-refractivity contribution < 1.29 is 9.53 Å². The van der Waals surface area contributed by atoms with Crippen LogP contribution in [0.4, 0.5) is 0 Å². The van der Waals surface area contributed by atoms with E-state index in [0.717, 1.165) is 38.2 Å². The second-order valence-electron chi connectivity index (χ2n) is 10.2. The number of hydrogen-bond donors (Lipinski definition) is 0. The molecule has 0 N–H and O–H groups in total. The molecule has 0 bridgehead atoms. The molecule has 0 radical (unpaired) electrons. The van der Waals surface area contributed by atoms with Gasteiger partial charge in [0.25, 0.3) is 5.91 Å². The summed E-state index contributed by atoms with van der Waals surface area (Å²) in [4.78, 5) is 22.0. The molecule has 2 fully saturated rings. The fraction of sp³-hybridized carbons (Fsp3) is 0.571. The molecule has 0 spiro atoms. The third kappa shape index (κ3) is 5.75. The molecule has 2 heterocycles. The summed E-state index contributed by atoms with van der Waals surface area (Å²) in [7, 11) is 1.92. The topological polar surface area (TPSA) is 45.7 Å². The van der Waals surface area contributed by atoms with Crippen molar-refractivity contribution in [3.05, 3.63) is 58.9 Å². The van der Waals surface area contributed by atoms with Gasteiger partial charge in [0.2, 0.25) is 0 Å². The number of carbonyl (C=O) groups excluding carboxylic acids is 1. The Kier molecular flexibility index (Phi) is 6.96. The summed E-state index contributed by atoms with van der Waals surface area (Å²) in [5, 5.41) is 0. The maximum Gasteiger partial charge on any atom is 0.272 e. The molecule has 0 unspecified atom stereocenters. The van der Waals surface area contributed by atoms with E-state index in [1.54, 1.807) is 12.3 Å². The van der Waals surface area contributed by atoms with Crippen LogP contribution in [0.5, 0.6) is 5.75 Å². The standard InChI is InChI=1S/C28H37N3O2/c1-30(28(32)27-13-12-26(18-29-27)33-20-21-6-7-21)25-11-10-23-16-22(8-9-24(23)17-25)19-31-14-4-2-3-5-15-31/h8-9,12-13,16,18,21,25H,2-7,10-11,14-15,17,19-20H2,1H3/t25-/m0/s1. The first-order chi connectivity index (χ1) is 16.2. The van der Waals surface area contributed by atoms with Gasteiger partial charge in [-0.15, -0.1) is 0 Å². The molecule has 1 aliphatic heterocycles. The summed E-state index contributed by atoms with van der Waals surface area (Å²) in [6.45, 7) is 4.29. The average molecular weight is 448 g/mol. The van der Waals surface area contributed by atoms with E-state index in [2.05, 4.69) is 28.1 Å². The molecule has 1 saturated carbocycles. The minimum Gasteiger partial charge on any atom is -0.492 e. The lowest BCUT2D eigenvalue weighted by molar-refractivity contribution is 0.0713. The molecular formula is C28H37N3O2. The van der Waals surface area contributed by atoms with Gasteiger partial charge in [0.1, 0.15) is 11.4 Å². The molecule has 5 heteroatoms. The van der Waals surface area contributed by atoms with Crippen LogP contribution in [0.2, 0.25) is 0 Å². The lowest BCUT2D eigenvalue weighted by Crippen LogP contribution is -2.41. The second kappa shape index (κ2) is 10.3. The summed E-state index contributed by atoms with van der Waals surface area (Å²) in [6, 6.07) is 10.9. The molecule has 1 aromatic carbocycles. The number of carbonyl (C=O) groups is 1. The molecule has 5 nitrogen and oxygen atoms in total. The van der Waals surface area contributed by atoms with Gasteiger partial charge in [-0.1, -0.05) is 31.0 Å². The Balaban J connectivity index is 1.17. The van der Waals surface area contributed by atoms with Gasteiger partial charge in [-0.3, -0.25) is 9.69 Å². The highest BCUT2D eigenvalue weighted by Crippen LogP contribution is 2.30. The van der Waals surface area contributed by atoms with Crippen molar-refractivity contribution in [2.24, 2.45) is 5.92 Å². The Labute approximate surface area is 198 Å². The molecule has 1 saturated heterocycles. The molecule has 2 aliphatic carbocycles. The van der Waals surface area contributed by atoms with Gasteiger partial charge in [-0.05, 0) is 92.8 Å². The van der Waals surface area contributed by atoms with Crippen molar-refractivity contribution in [1.82, 2.24) is 14.8 Å². The van der Waals surface area contributed by atoms with E-state index in [0.29, 0.717) is 11.6 Å². The lowest BCUT2D eigenvalue weighted by atomic mass is 9.86. The Morgan fingerprint density at radius 3 is 2.61 bits per heavy atom. The molecule has 2 aromatic rings. The van der Waals surface area contributed by atoms with Gasteiger partial charge < -0.3 is 9.64 Å². The van der Waals surface area contributed by atoms with E-state index in [4.69, 9.17) is 4.74 Å². The van der Waals surface area contributed by atoms with E-state index in [1.165, 1.54) is 68.3 Å². The molecular weight excluding hydrogens is 410 g/mol. The maximum atomic E-state index is 13.1. The second-order valence-corrected chi connectivity index (χ2v) is 10.2. The Morgan fingerprint density at radius 2 is 1.88 bits per heavy atom. The van der Waals surface area contributed by atoms with Crippen LogP contribution in [0.25, 0.3) is 0 Å². The summed E-state index contributed by atoms with van der Waals surface area (Å²) < 4.78 is 5.75. The number of pyridine rings is 1. The quantitative estimate of drug-likeness (QED) is 0.607. The highest BCUT2D eigenvalue weighted by atomic mass is 16.5. The highest BCUT2D eigenvalue weighted by molar-refractivity contribution is 5.92. The average Bonchev–Trinajstić information content (AvgIpc) is 3.70. The van der Waals surface area contributed by atoms with E-state index >= 15 is 0 Å². The highest BCUT2D eigenvalue weighted by Gasteiger charge is 2.27. The number of ether oxygens (including phenoxy) is 1. The number of rotatable bonds is 7. The number of fused-ring (bicyclic) bond motifs is 1. The van der Waals surface area contributed by atoms with Crippen molar-refractivity contribution in [3.63, 3.8) is 0 Å². The zero-order valence-corrected chi connectivity index (χ0v) is 20.0. The van der Waals surface area contributed by atoms with Crippen LogP contribution in [0, 0.1) is 5.92 Å². The molecule has 5 rings (SSSR count). The first kappa shape index (κ1) is 22.4. The fourth-order valence-electron chi connectivity index (χ4n) is 5.21. The molecule has 3 aliphatic rings. The monoisotopic (exact) mass is 447 g/mol. The van der Waals surface area contributed by atoms with Gasteiger partial charge in [0.15, 0.2) is 0 Å². The first-order valence-electron chi connectivity index (χ1n) is 12.8. The van der Waals surface area contributed by atoms with E-state index < -0.39 is 0 Å². The molecule has 1 atom stereocenters. The van der Waals surface area contributed by atoms with Crippen molar-refractivity contribution in [2.45, 2.75) is 70.4 Å². The third-order valence-electron chi connectivity index (χ3n) is 7.58. The van der Waals surface area contributed by atoms with Gasteiger partial charge in [-0.2, -0.15) is 0 Å². The van der Waals surface area contributed by atoms with Gasteiger partial charge in [0, 0.05) is 19.6 Å². The SMILES string of the molecule is CN(C(=O)c1ccc(OCC2CC2)cn1)[C@H]1CCc2cc(CN3CCCCCC3)ccc2C1. The Hall–Kier alpha value is -2.40. The van der Waals surface area contributed by atoms with E-state index in [9.17, 15) is 4.79 Å². The van der Waals surface area contributed by atoms with Crippen LogP contribution < -0.4 is 4.74 Å². The minimum atomic E-state index is -0.00465. The number of aromatic nitrogens is 1. The lowest BCUT2D eigenvalue weighted by Gasteiger charge is -2.33. The Bertz CT molecular complexity index is 946. The number of hydrogen-bond acceptors (Lipinski definition) is 4. The third-order valence-corrected chi connectivity index (χ3v) is 7.58. The van der Waals surface area contributed by atoms with E-state index in [-0.39, 0.29) is 11.9 Å². The summed E-state index contributed by atoms with van der Waals surface area (Å²) in [5.41, 5.74) is 4.79. The van der Waals surface area contributed by atoms with Gasteiger partial charge in [0.05, 0.1) is 12.8 Å². The van der Waals surface area contributed by atoms with Crippen molar-refractivity contribution >= 4 is 5.91 Å². The molecule has 1 aromatic heterocycles. The van der Waals surface area contributed by atoms with Crippen LogP contribution in [0.3, 0.4) is 0 Å². The van der Waals surface area contributed by atoms with Crippen LogP contribution in [0.1, 0.15) is 72.1 Å². The predicted molar refractivity (Wildman–Crippen MR) is 131 cm³/mol. The van der Waals surface area contributed by atoms with Crippen LogP contribution in [-0.2, 0) is 19.4 Å². The van der Waals surface area contributed by atoms with Crippen LogP contribution >= 0.6 is 0 Å². The minimum absolute atomic E-state index is 0.00465. The molecule has 1 amide bonds. The number of likely N-dealkylation sites (tertiary alicyclic amines) is 1. The zero-order valence-electron chi connectivity index (χ0n) is 20.0. The van der Waals surface area contributed by atoms with Crippen LogP contribution in [0.15, 0.2) is 36.5 Å².